The van der Waals surface area contributed by atoms with Crippen molar-refractivity contribution in [1.29, 1.82) is 0 Å². The number of aliphatic carboxylic acids is 2. The molecular weight excluding hydrogens is 195 g/mol. The third-order valence-electron chi connectivity index (χ3n) is 0.653. The van der Waals surface area contributed by atoms with Gasteiger partial charge < -0.3 is 20.7 Å². The molecule has 0 aromatic heterocycles. The Balaban J connectivity index is 0. The molecule has 0 radical (unpaired) electrons. The highest BCUT2D eigenvalue weighted by molar-refractivity contribution is 5.71. The highest BCUT2D eigenvalue weighted by atomic mass is 19.4. The molecule has 0 aliphatic carbocycles. The van der Waals surface area contributed by atoms with Crippen LogP contribution in [0.15, 0.2) is 0 Å². The summed E-state index contributed by atoms with van der Waals surface area (Å²) >= 11 is 0. The van der Waals surface area contributed by atoms with Gasteiger partial charge in [0.05, 0.1) is 0 Å². The molecule has 0 aromatic rings. The maximum atomic E-state index is 10.5. The van der Waals surface area contributed by atoms with Crippen LogP contribution in [0.2, 0.25) is 0 Å². The summed E-state index contributed by atoms with van der Waals surface area (Å²) in [6, 6.07) is -0.481. The van der Waals surface area contributed by atoms with Crippen LogP contribution in [0, 0.1) is 0 Å². The van der Waals surface area contributed by atoms with E-state index in [2.05, 4.69) is 5.73 Å². The smallest absolute Gasteiger partial charge is 0.430 e. The number of carbonyl (C=O) groups excluding carboxylic acids is 1. The molecule has 0 saturated heterocycles. The molecule has 0 heterocycles. The maximum absolute atomic E-state index is 10.5. The van der Waals surface area contributed by atoms with E-state index in [1.807, 2.05) is 0 Å². The Bertz CT molecular complexity index is 189. The summed E-state index contributed by atoms with van der Waals surface area (Å²) in [4.78, 5) is 18.4. The van der Waals surface area contributed by atoms with E-state index in [9.17, 15) is 18.0 Å². The molecule has 0 fully saturated rings. The van der Waals surface area contributed by atoms with Crippen LogP contribution in [0.1, 0.15) is 6.92 Å². The SMILES string of the molecule is CC([NH3+])C(=O)O.O=C([O-])C(F)(F)F. The fourth-order valence-corrected chi connectivity index (χ4v) is 0. The van der Waals surface area contributed by atoms with Crippen LogP contribution in [0.4, 0.5) is 13.2 Å². The van der Waals surface area contributed by atoms with Crippen molar-refractivity contribution in [3.8, 4) is 0 Å². The van der Waals surface area contributed by atoms with Crippen molar-refractivity contribution in [2.45, 2.75) is 19.1 Å². The second-order valence-electron chi connectivity index (χ2n) is 2.02. The minimum Gasteiger partial charge on any atom is -0.542 e. The minimum atomic E-state index is -5.19. The van der Waals surface area contributed by atoms with Crippen LogP contribution in [0.5, 0.6) is 0 Å². The van der Waals surface area contributed by atoms with Gasteiger partial charge in [-0.1, -0.05) is 0 Å². The van der Waals surface area contributed by atoms with Crippen LogP contribution in [-0.2, 0) is 9.59 Å². The first-order chi connectivity index (χ1) is 5.59. The number of rotatable bonds is 1. The molecule has 5 nitrogen and oxygen atoms in total. The third-order valence-corrected chi connectivity index (χ3v) is 0.653. The van der Waals surface area contributed by atoms with Gasteiger partial charge in [0.2, 0.25) is 0 Å². The van der Waals surface area contributed by atoms with Crippen molar-refractivity contribution in [2.24, 2.45) is 0 Å². The lowest BCUT2D eigenvalue weighted by molar-refractivity contribution is -0.402. The number of alkyl halides is 3. The van der Waals surface area contributed by atoms with Crippen LogP contribution >= 0.6 is 0 Å². The number of carboxylic acid groups (broad SMARTS) is 2. The second kappa shape index (κ2) is 5.36. The summed E-state index contributed by atoms with van der Waals surface area (Å²) in [7, 11) is 0. The van der Waals surface area contributed by atoms with Crippen molar-refractivity contribution in [1.82, 2.24) is 0 Å². The molecule has 78 valence electrons. The predicted molar refractivity (Wildman–Crippen MR) is 31.0 cm³/mol. The minimum absolute atomic E-state index is 0.481. The van der Waals surface area contributed by atoms with Crippen molar-refractivity contribution >= 4 is 11.9 Å². The molecule has 0 rings (SSSR count). The highest BCUT2D eigenvalue weighted by Crippen LogP contribution is 2.11. The standard InChI is InChI=1S/C3H7NO2.C2HF3O2/c1-2(4)3(5)6;3-2(4,5)1(6)7/h2H,4H2,1H3,(H,5,6);(H,6,7). The normalized spacial score (nSPS) is 12.4. The number of halogens is 3. The lowest BCUT2D eigenvalue weighted by Gasteiger charge is -2.03. The molecule has 4 N–H and O–H groups in total. The summed E-state index contributed by atoms with van der Waals surface area (Å²) in [5, 5.41) is 16.7. The van der Waals surface area contributed by atoms with Gasteiger partial charge >= 0.3 is 12.1 Å². The first kappa shape index (κ1) is 14.2. The predicted octanol–water partition coefficient (Wildman–Crippen LogP) is -2.00. The number of carbonyl (C=O) groups is 2. The van der Waals surface area contributed by atoms with E-state index >= 15 is 0 Å². The fourth-order valence-electron chi connectivity index (χ4n) is 0. The number of hydrogen-bond donors (Lipinski definition) is 2. The fraction of sp³-hybridized carbons (Fsp3) is 0.600. The Morgan fingerprint density at radius 1 is 1.46 bits per heavy atom. The summed E-state index contributed by atoms with van der Waals surface area (Å²) in [5.74, 6) is -3.86. The highest BCUT2D eigenvalue weighted by Gasteiger charge is 2.28. The summed E-state index contributed by atoms with van der Waals surface area (Å²) < 4.78 is 31.5. The van der Waals surface area contributed by atoms with Crippen molar-refractivity contribution in [3.05, 3.63) is 0 Å². The molecule has 0 saturated carbocycles. The van der Waals surface area contributed by atoms with E-state index < -0.39 is 24.2 Å². The van der Waals surface area contributed by atoms with Gasteiger partial charge in [-0.3, -0.25) is 0 Å². The van der Waals surface area contributed by atoms with E-state index in [-0.39, 0.29) is 0 Å². The zero-order valence-corrected chi connectivity index (χ0v) is 6.59. The monoisotopic (exact) mass is 203 g/mol. The third kappa shape index (κ3) is 10.7. The quantitative estimate of drug-likeness (QED) is 0.514. The van der Waals surface area contributed by atoms with Gasteiger partial charge in [-0.15, -0.1) is 0 Å². The number of carboxylic acids is 2. The van der Waals surface area contributed by atoms with Gasteiger partial charge in [-0.05, 0) is 6.92 Å². The lowest BCUT2D eigenvalue weighted by Crippen LogP contribution is -2.63. The summed E-state index contributed by atoms with van der Waals surface area (Å²) in [5.41, 5.74) is 3.24. The van der Waals surface area contributed by atoms with Gasteiger partial charge in [-0.2, -0.15) is 13.2 Å². The molecule has 0 aliphatic rings. The van der Waals surface area contributed by atoms with Gasteiger partial charge in [-0.25, -0.2) is 4.79 Å². The first-order valence-electron chi connectivity index (χ1n) is 2.93. The first-order valence-corrected chi connectivity index (χ1v) is 2.93. The van der Waals surface area contributed by atoms with Crippen LogP contribution in [0.3, 0.4) is 0 Å². The molecule has 8 heteroatoms. The Morgan fingerprint density at radius 3 is 1.62 bits per heavy atom. The van der Waals surface area contributed by atoms with Crippen LogP contribution in [0.25, 0.3) is 0 Å². The van der Waals surface area contributed by atoms with Crippen molar-refractivity contribution < 1.29 is 38.7 Å². The Morgan fingerprint density at radius 2 is 1.62 bits per heavy atom. The van der Waals surface area contributed by atoms with E-state index in [4.69, 9.17) is 15.0 Å². The molecular formula is C5H8F3NO4. The average molecular weight is 203 g/mol. The van der Waals surface area contributed by atoms with Crippen molar-refractivity contribution in [3.63, 3.8) is 0 Å². The average Bonchev–Trinajstić information content (AvgIpc) is 1.86. The molecule has 0 amide bonds. The zero-order valence-electron chi connectivity index (χ0n) is 6.59. The zero-order chi connectivity index (χ0) is 11.2. The Hall–Kier alpha value is -1.31. The van der Waals surface area contributed by atoms with Crippen molar-refractivity contribution in [2.75, 3.05) is 0 Å². The number of hydrogen-bond acceptors (Lipinski definition) is 3. The molecule has 13 heavy (non-hydrogen) atoms. The van der Waals surface area contributed by atoms with Crippen LogP contribution < -0.4 is 10.8 Å². The second-order valence-corrected chi connectivity index (χ2v) is 2.02. The topological polar surface area (TPSA) is 105 Å². The van der Waals surface area contributed by atoms with Gasteiger partial charge in [0.25, 0.3) is 0 Å². The van der Waals surface area contributed by atoms with E-state index in [0.29, 0.717) is 0 Å². The van der Waals surface area contributed by atoms with E-state index in [0.717, 1.165) is 0 Å². The molecule has 1 atom stereocenters. The molecule has 0 bridgehead atoms. The Labute approximate surface area is 71.0 Å². The Kier molecular flexibility index (Phi) is 5.86. The lowest BCUT2D eigenvalue weighted by atomic mass is 10.4. The molecule has 1 unspecified atom stereocenters. The molecule has 0 aliphatic heterocycles. The number of quaternary nitrogens is 1. The maximum Gasteiger partial charge on any atom is 0.430 e. The van der Waals surface area contributed by atoms with E-state index in [1.54, 1.807) is 0 Å². The van der Waals surface area contributed by atoms with Gasteiger partial charge in [0, 0.05) is 0 Å². The van der Waals surface area contributed by atoms with Gasteiger partial charge in [0.15, 0.2) is 6.04 Å². The van der Waals surface area contributed by atoms with Crippen LogP contribution in [-0.4, -0.2) is 29.3 Å². The molecule has 0 aromatic carbocycles. The summed E-state index contributed by atoms with van der Waals surface area (Å²) in [6.07, 6.45) is -5.19. The summed E-state index contributed by atoms with van der Waals surface area (Å²) in [6.45, 7) is 1.53. The van der Waals surface area contributed by atoms with E-state index in [1.165, 1.54) is 6.92 Å². The van der Waals surface area contributed by atoms with Gasteiger partial charge in [0.1, 0.15) is 5.97 Å². The molecule has 0 spiro atoms. The largest absolute Gasteiger partial charge is 0.542 e.